The topological polar surface area (TPSA) is 45.2 Å². The number of benzene rings is 1. The average molecular weight is 381 g/mol. The number of piperidine rings is 1. The first kappa shape index (κ1) is 19.1. The van der Waals surface area contributed by atoms with E-state index in [-0.39, 0.29) is 5.91 Å². The minimum atomic E-state index is -1.21. The standard InChI is InChI=1S/C23H28FN3O/c24-23(17-26-21-16-20(21)19-8-12-25-13-9-19)10-14-27(15-11-23)22(28)7-6-18-4-2-1-3-5-18/h1-5,8-9,12-13,20-21,26H,6-7,10-11,14-17H2. The summed E-state index contributed by atoms with van der Waals surface area (Å²) < 4.78 is 15.2. The summed E-state index contributed by atoms with van der Waals surface area (Å²) in [5, 5.41) is 3.41. The van der Waals surface area contributed by atoms with Gasteiger partial charge in [-0.15, -0.1) is 0 Å². The van der Waals surface area contributed by atoms with Crippen LogP contribution in [0.5, 0.6) is 0 Å². The second-order valence-corrected chi connectivity index (χ2v) is 8.13. The zero-order chi connectivity index (χ0) is 19.4. The fraction of sp³-hybridized carbons (Fsp3) is 0.478. The molecule has 28 heavy (non-hydrogen) atoms. The number of carbonyl (C=O) groups is 1. The molecule has 1 N–H and O–H groups in total. The molecule has 2 aromatic rings. The van der Waals surface area contributed by atoms with E-state index in [1.165, 1.54) is 11.1 Å². The Labute approximate surface area is 166 Å². The van der Waals surface area contributed by atoms with E-state index in [4.69, 9.17) is 0 Å². The molecule has 0 spiro atoms. The van der Waals surface area contributed by atoms with Crippen LogP contribution in [-0.2, 0) is 11.2 Å². The maximum atomic E-state index is 15.2. The highest BCUT2D eigenvalue weighted by Gasteiger charge is 2.41. The van der Waals surface area contributed by atoms with Gasteiger partial charge in [0.25, 0.3) is 0 Å². The molecule has 2 heterocycles. The van der Waals surface area contributed by atoms with Gasteiger partial charge in [0.05, 0.1) is 0 Å². The second-order valence-electron chi connectivity index (χ2n) is 8.13. The van der Waals surface area contributed by atoms with Crippen molar-refractivity contribution in [3.8, 4) is 0 Å². The van der Waals surface area contributed by atoms with Crippen LogP contribution < -0.4 is 5.32 Å². The molecule has 1 aromatic carbocycles. The van der Waals surface area contributed by atoms with Gasteiger partial charge in [-0.05, 0) is 36.1 Å². The van der Waals surface area contributed by atoms with E-state index in [2.05, 4.69) is 10.3 Å². The number of hydrogen-bond acceptors (Lipinski definition) is 3. The third kappa shape index (κ3) is 4.76. The Bertz CT molecular complexity index is 775. The van der Waals surface area contributed by atoms with Crippen LogP contribution in [-0.4, -0.2) is 47.1 Å². The molecule has 0 bridgehead atoms. The van der Waals surface area contributed by atoms with Crippen LogP contribution in [0.4, 0.5) is 4.39 Å². The molecule has 4 rings (SSSR count). The van der Waals surface area contributed by atoms with Crippen LogP contribution in [0.2, 0.25) is 0 Å². The van der Waals surface area contributed by atoms with Gasteiger partial charge in [-0.2, -0.15) is 0 Å². The predicted molar refractivity (Wildman–Crippen MR) is 108 cm³/mol. The SMILES string of the molecule is O=C(CCc1ccccc1)N1CCC(F)(CNC2CC2c2ccncc2)CC1. The van der Waals surface area contributed by atoms with Gasteiger partial charge >= 0.3 is 0 Å². The number of pyridine rings is 1. The van der Waals surface area contributed by atoms with Crippen molar-refractivity contribution in [1.29, 1.82) is 0 Å². The summed E-state index contributed by atoms with van der Waals surface area (Å²) >= 11 is 0. The summed E-state index contributed by atoms with van der Waals surface area (Å²) in [5.41, 5.74) is 1.24. The summed E-state index contributed by atoms with van der Waals surface area (Å²) in [6.45, 7) is 1.42. The highest BCUT2D eigenvalue weighted by atomic mass is 19.1. The zero-order valence-electron chi connectivity index (χ0n) is 16.2. The zero-order valence-corrected chi connectivity index (χ0v) is 16.2. The molecular weight excluding hydrogens is 353 g/mol. The molecule has 0 radical (unpaired) electrons. The van der Waals surface area contributed by atoms with Crippen molar-refractivity contribution in [2.24, 2.45) is 0 Å². The van der Waals surface area contributed by atoms with Crippen molar-refractivity contribution in [2.45, 2.75) is 49.7 Å². The van der Waals surface area contributed by atoms with Crippen LogP contribution in [0.1, 0.15) is 42.7 Å². The van der Waals surface area contributed by atoms with Gasteiger partial charge in [0, 0.05) is 63.3 Å². The van der Waals surface area contributed by atoms with Gasteiger partial charge in [-0.25, -0.2) is 4.39 Å². The third-order valence-electron chi connectivity index (χ3n) is 6.09. The molecule has 1 aliphatic heterocycles. The minimum Gasteiger partial charge on any atom is -0.342 e. The summed E-state index contributed by atoms with van der Waals surface area (Å²) in [5.74, 6) is 0.616. The second kappa shape index (κ2) is 8.39. The Balaban J connectivity index is 1.18. The molecule has 5 heteroatoms. The summed E-state index contributed by atoms with van der Waals surface area (Å²) in [6, 6.07) is 14.5. The lowest BCUT2D eigenvalue weighted by molar-refractivity contribution is -0.133. The Morgan fingerprint density at radius 1 is 1.14 bits per heavy atom. The molecule has 148 valence electrons. The number of halogens is 1. The summed E-state index contributed by atoms with van der Waals surface area (Å²) in [4.78, 5) is 18.3. The number of amides is 1. The van der Waals surface area contributed by atoms with E-state index in [1.807, 2.05) is 59.8 Å². The lowest BCUT2D eigenvalue weighted by atomic mass is 9.92. The van der Waals surface area contributed by atoms with Gasteiger partial charge in [-0.3, -0.25) is 9.78 Å². The molecule has 4 nitrogen and oxygen atoms in total. The summed E-state index contributed by atoms with van der Waals surface area (Å²) in [6.07, 6.45) is 6.77. The van der Waals surface area contributed by atoms with Crippen molar-refractivity contribution in [3.63, 3.8) is 0 Å². The number of hydrogen-bond donors (Lipinski definition) is 1. The predicted octanol–water partition coefficient (Wildman–Crippen LogP) is 3.49. The first-order chi connectivity index (χ1) is 13.6. The van der Waals surface area contributed by atoms with Gasteiger partial charge < -0.3 is 10.2 Å². The first-order valence-corrected chi connectivity index (χ1v) is 10.3. The maximum Gasteiger partial charge on any atom is 0.222 e. The Morgan fingerprint density at radius 2 is 1.86 bits per heavy atom. The van der Waals surface area contributed by atoms with E-state index in [0.29, 0.717) is 50.9 Å². The minimum absolute atomic E-state index is 0.138. The molecule has 2 atom stereocenters. The van der Waals surface area contributed by atoms with Crippen LogP contribution in [0.3, 0.4) is 0 Å². The van der Waals surface area contributed by atoms with E-state index in [1.54, 1.807) is 0 Å². The van der Waals surface area contributed by atoms with E-state index >= 15 is 4.39 Å². The normalized spacial score (nSPS) is 23.4. The van der Waals surface area contributed by atoms with Crippen molar-refractivity contribution >= 4 is 5.91 Å². The van der Waals surface area contributed by atoms with E-state index in [9.17, 15) is 4.79 Å². The van der Waals surface area contributed by atoms with Crippen molar-refractivity contribution in [3.05, 3.63) is 66.0 Å². The quantitative estimate of drug-likeness (QED) is 0.799. The van der Waals surface area contributed by atoms with E-state index in [0.717, 1.165) is 12.8 Å². The number of aromatic nitrogens is 1. The number of nitrogens with zero attached hydrogens (tertiary/aromatic N) is 2. The van der Waals surface area contributed by atoms with Gasteiger partial charge in [0.2, 0.25) is 5.91 Å². The Morgan fingerprint density at radius 3 is 2.57 bits per heavy atom. The molecule has 1 aliphatic carbocycles. The van der Waals surface area contributed by atoms with Crippen molar-refractivity contribution in [2.75, 3.05) is 19.6 Å². The number of likely N-dealkylation sites (tertiary alicyclic amines) is 1. The number of alkyl halides is 1. The number of carbonyl (C=O) groups excluding carboxylic acids is 1. The molecule has 2 fully saturated rings. The molecule has 1 aromatic heterocycles. The molecule has 1 amide bonds. The van der Waals surface area contributed by atoms with Crippen molar-refractivity contribution < 1.29 is 9.18 Å². The van der Waals surface area contributed by atoms with Gasteiger partial charge in [0.1, 0.15) is 5.67 Å². The largest absolute Gasteiger partial charge is 0.342 e. The van der Waals surface area contributed by atoms with E-state index < -0.39 is 5.67 Å². The Kier molecular flexibility index (Phi) is 5.72. The maximum absolute atomic E-state index is 15.2. The van der Waals surface area contributed by atoms with Crippen LogP contribution >= 0.6 is 0 Å². The number of aryl methyl sites for hydroxylation is 1. The highest BCUT2D eigenvalue weighted by Crippen LogP contribution is 2.41. The fourth-order valence-electron chi connectivity index (χ4n) is 4.10. The summed E-state index contributed by atoms with van der Waals surface area (Å²) in [7, 11) is 0. The molecule has 2 unspecified atom stereocenters. The van der Waals surface area contributed by atoms with Gasteiger partial charge in [0.15, 0.2) is 0 Å². The monoisotopic (exact) mass is 381 g/mol. The molecule has 1 saturated heterocycles. The van der Waals surface area contributed by atoms with Crippen LogP contribution in [0.25, 0.3) is 0 Å². The highest BCUT2D eigenvalue weighted by molar-refractivity contribution is 5.76. The lowest BCUT2D eigenvalue weighted by Gasteiger charge is -2.36. The fourth-order valence-corrected chi connectivity index (χ4v) is 4.10. The van der Waals surface area contributed by atoms with Crippen LogP contribution in [0.15, 0.2) is 54.9 Å². The molecule has 1 saturated carbocycles. The molecular formula is C23H28FN3O. The average Bonchev–Trinajstić information content (AvgIpc) is 3.53. The number of nitrogens with one attached hydrogen (secondary N) is 1. The molecule has 2 aliphatic rings. The first-order valence-electron chi connectivity index (χ1n) is 10.3. The van der Waals surface area contributed by atoms with Crippen LogP contribution in [0, 0.1) is 0 Å². The smallest absolute Gasteiger partial charge is 0.222 e. The Hall–Kier alpha value is -2.27. The number of rotatable bonds is 7. The lowest BCUT2D eigenvalue weighted by Crippen LogP contribution is -2.49. The van der Waals surface area contributed by atoms with Gasteiger partial charge in [-0.1, -0.05) is 30.3 Å². The third-order valence-corrected chi connectivity index (χ3v) is 6.09. The van der Waals surface area contributed by atoms with Crippen molar-refractivity contribution in [1.82, 2.24) is 15.2 Å².